The highest BCUT2D eigenvalue weighted by Crippen LogP contribution is 2.34. The van der Waals surface area contributed by atoms with Gasteiger partial charge in [-0.2, -0.15) is 0 Å². The Morgan fingerprint density at radius 3 is 2.69 bits per heavy atom. The Balaban J connectivity index is 1.53. The van der Waals surface area contributed by atoms with Crippen LogP contribution in [0.25, 0.3) is 10.1 Å². The quantitative estimate of drug-likeness (QED) is 0.874. The van der Waals surface area contributed by atoms with Crippen molar-refractivity contribution >= 4 is 32.3 Å². The van der Waals surface area contributed by atoms with Crippen molar-refractivity contribution in [1.82, 2.24) is 15.2 Å². The second kappa shape index (κ2) is 7.16. The minimum atomic E-state index is -0.0321. The molecule has 1 amide bonds. The number of nitrogens with one attached hydrogen (secondary N) is 1. The van der Waals surface area contributed by atoms with E-state index in [1.165, 1.54) is 30.9 Å². The Bertz CT molecular complexity index is 790. The van der Waals surface area contributed by atoms with Gasteiger partial charge in [0.25, 0.3) is 5.91 Å². The molecule has 0 radical (unpaired) electrons. The first-order valence-electron chi connectivity index (χ1n) is 9.80. The average molecular weight is 373 g/mol. The Morgan fingerprint density at radius 1 is 1.31 bits per heavy atom. The van der Waals surface area contributed by atoms with Crippen molar-refractivity contribution in [3.8, 4) is 0 Å². The molecular formula is C20H28N4OS. The first kappa shape index (κ1) is 17.7. The van der Waals surface area contributed by atoms with Crippen LogP contribution in [0.4, 0.5) is 5.00 Å². The summed E-state index contributed by atoms with van der Waals surface area (Å²) in [5, 5.41) is 5.65. The summed E-state index contributed by atoms with van der Waals surface area (Å²) in [5.41, 5.74) is 0.536. The summed E-state index contributed by atoms with van der Waals surface area (Å²) in [6, 6.07) is 4.80. The van der Waals surface area contributed by atoms with Crippen molar-refractivity contribution in [1.29, 1.82) is 0 Å². The zero-order chi connectivity index (χ0) is 18.3. The van der Waals surface area contributed by atoms with Gasteiger partial charge in [-0.1, -0.05) is 0 Å². The molecule has 5 heterocycles. The van der Waals surface area contributed by atoms with Gasteiger partial charge >= 0.3 is 0 Å². The monoisotopic (exact) mass is 372 g/mol. The molecule has 5 nitrogen and oxygen atoms in total. The van der Waals surface area contributed by atoms with Gasteiger partial charge < -0.3 is 10.2 Å². The van der Waals surface area contributed by atoms with Crippen LogP contribution in [-0.2, 0) is 0 Å². The number of piperidine rings is 3. The summed E-state index contributed by atoms with van der Waals surface area (Å²) < 4.78 is 1.13. The number of aromatic nitrogens is 1. The normalized spacial score (nSPS) is 27.7. The number of hydrogen-bond donors (Lipinski definition) is 1. The molecule has 0 spiro atoms. The van der Waals surface area contributed by atoms with Crippen molar-refractivity contribution in [2.45, 2.75) is 45.7 Å². The second-order valence-corrected chi connectivity index (χ2v) is 8.54. The minimum absolute atomic E-state index is 0.0321. The van der Waals surface area contributed by atoms with E-state index in [1.54, 1.807) is 11.3 Å². The molecule has 3 aliphatic rings. The highest BCUT2D eigenvalue weighted by molar-refractivity contribution is 7.22. The highest BCUT2D eigenvalue weighted by atomic mass is 32.1. The molecule has 2 unspecified atom stereocenters. The Kier molecular flexibility index (Phi) is 4.88. The van der Waals surface area contributed by atoms with Crippen molar-refractivity contribution in [3.63, 3.8) is 0 Å². The van der Waals surface area contributed by atoms with Crippen LogP contribution in [0.2, 0.25) is 0 Å². The van der Waals surface area contributed by atoms with Crippen molar-refractivity contribution < 1.29 is 4.79 Å². The number of hydrogen-bond acceptors (Lipinski definition) is 5. The maximum atomic E-state index is 12.8. The van der Waals surface area contributed by atoms with E-state index in [-0.39, 0.29) is 11.9 Å². The number of rotatable bonds is 5. The molecule has 3 aliphatic heterocycles. The molecule has 3 fully saturated rings. The van der Waals surface area contributed by atoms with Gasteiger partial charge in [0.15, 0.2) is 0 Å². The summed E-state index contributed by atoms with van der Waals surface area (Å²) in [5.74, 6) is 0.578. The van der Waals surface area contributed by atoms with Crippen LogP contribution in [-0.4, -0.2) is 54.1 Å². The third-order valence-electron chi connectivity index (χ3n) is 6.17. The molecule has 140 valence electrons. The van der Waals surface area contributed by atoms with Crippen LogP contribution in [0.5, 0.6) is 0 Å². The number of pyridine rings is 1. The molecule has 5 rings (SSSR count). The maximum Gasteiger partial charge on any atom is 0.270 e. The van der Waals surface area contributed by atoms with E-state index >= 15 is 0 Å². The number of carbonyl (C=O) groups is 1. The number of anilines is 1. The van der Waals surface area contributed by atoms with E-state index in [4.69, 9.17) is 0 Å². The van der Waals surface area contributed by atoms with Gasteiger partial charge in [0.1, 0.15) is 5.69 Å². The van der Waals surface area contributed by atoms with Crippen LogP contribution >= 0.6 is 11.3 Å². The summed E-state index contributed by atoms with van der Waals surface area (Å²) in [7, 11) is 0. The molecular weight excluding hydrogens is 344 g/mol. The SMILES string of the molecule is CCN(CC)c1cc2cnc(C(=O)NC3C4CCN(CC4)C3C)cc2s1. The number of amides is 1. The third kappa shape index (κ3) is 3.09. The van der Waals surface area contributed by atoms with E-state index < -0.39 is 0 Å². The van der Waals surface area contributed by atoms with Gasteiger partial charge in [0, 0.05) is 41.5 Å². The molecule has 2 aromatic rings. The van der Waals surface area contributed by atoms with Crippen molar-refractivity contribution in [2.24, 2.45) is 5.92 Å². The third-order valence-corrected chi connectivity index (χ3v) is 7.33. The van der Waals surface area contributed by atoms with Gasteiger partial charge in [0.05, 0.1) is 5.00 Å². The fourth-order valence-electron chi connectivity index (χ4n) is 4.51. The van der Waals surface area contributed by atoms with E-state index in [2.05, 4.69) is 46.9 Å². The predicted octanol–water partition coefficient (Wildman–Crippen LogP) is 3.36. The smallest absolute Gasteiger partial charge is 0.270 e. The van der Waals surface area contributed by atoms with Gasteiger partial charge in [-0.3, -0.25) is 14.7 Å². The number of nitrogens with zero attached hydrogens (tertiary/aromatic N) is 3. The molecule has 2 aromatic heterocycles. The van der Waals surface area contributed by atoms with E-state index in [9.17, 15) is 4.79 Å². The van der Waals surface area contributed by atoms with Crippen LogP contribution in [0.3, 0.4) is 0 Å². The molecule has 0 saturated carbocycles. The van der Waals surface area contributed by atoms with Gasteiger partial charge in [-0.05, 0) is 64.8 Å². The standard InChI is InChI=1S/C20H28N4OS/c1-4-23(5-2)18-10-15-12-21-16(11-17(15)26-18)20(25)22-19-13(3)24-8-6-14(19)7-9-24/h10-14,19H,4-9H2,1-3H3,(H,22,25). The van der Waals surface area contributed by atoms with Crippen LogP contribution in [0.15, 0.2) is 18.3 Å². The largest absolute Gasteiger partial charge is 0.364 e. The molecule has 0 aliphatic carbocycles. The lowest BCUT2D eigenvalue weighted by Crippen LogP contribution is -2.62. The number of thiophene rings is 1. The molecule has 2 bridgehead atoms. The van der Waals surface area contributed by atoms with Crippen LogP contribution in [0, 0.1) is 5.92 Å². The molecule has 1 N–H and O–H groups in total. The summed E-state index contributed by atoms with van der Waals surface area (Å²) in [4.78, 5) is 22.1. The molecule has 0 aromatic carbocycles. The average Bonchev–Trinajstić information content (AvgIpc) is 3.08. The van der Waals surface area contributed by atoms with Gasteiger partial charge in [0.2, 0.25) is 0 Å². The van der Waals surface area contributed by atoms with Gasteiger partial charge in [-0.15, -0.1) is 11.3 Å². The zero-order valence-corrected chi connectivity index (χ0v) is 16.7. The Labute approximate surface area is 159 Å². The number of fused-ring (bicyclic) bond motifs is 4. The maximum absolute atomic E-state index is 12.8. The minimum Gasteiger partial charge on any atom is -0.364 e. The zero-order valence-electron chi connectivity index (χ0n) is 15.9. The van der Waals surface area contributed by atoms with E-state index in [0.29, 0.717) is 17.7 Å². The van der Waals surface area contributed by atoms with Crippen LogP contribution < -0.4 is 10.2 Å². The molecule has 3 saturated heterocycles. The summed E-state index contributed by atoms with van der Waals surface area (Å²) in [6.45, 7) is 10.9. The van der Waals surface area contributed by atoms with Crippen LogP contribution in [0.1, 0.15) is 44.1 Å². The highest BCUT2D eigenvalue weighted by Gasteiger charge is 2.40. The fourth-order valence-corrected chi connectivity index (χ4v) is 5.70. The number of carbonyl (C=O) groups excluding carboxylic acids is 1. The molecule has 6 heteroatoms. The second-order valence-electron chi connectivity index (χ2n) is 7.48. The van der Waals surface area contributed by atoms with Crippen molar-refractivity contribution in [2.75, 3.05) is 31.1 Å². The lowest BCUT2D eigenvalue weighted by Gasteiger charge is -2.49. The molecule has 26 heavy (non-hydrogen) atoms. The molecule has 2 atom stereocenters. The lowest BCUT2D eigenvalue weighted by molar-refractivity contribution is 0.0216. The predicted molar refractivity (Wildman–Crippen MR) is 108 cm³/mol. The summed E-state index contributed by atoms with van der Waals surface area (Å²) >= 11 is 1.74. The topological polar surface area (TPSA) is 48.5 Å². The van der Waals surface area contributed by atoms with E-state index in [0.717, 1.165) is 23.2 Å². The van der Waals surface area contributed by atoms with Crippen molar-refractivity contribution in [3.05, 3.63) is 24.0 Å². The lowest BCUT2D eigenvalue weighted by atomic mass is 9.79. The Hall–Kier alpha value is -1.66. The Morgan fingerprint density at radius 2 is 2.04 bits per heavy atom. The van der Waals surface area contributed by atoms with E-state index in [1.807, 2.05) is 12.3 Å². The first-order chi connectivity index (χ1) is 12.6. The van der Waals surface area contributed by atoms with Gasteiger partial charge in [-0.25, -0.2) is 0 Å². The first-order valence-corrected chi connectivity index (χ1v) is 10.6. The fraction of sp³-hybridized carbons (Fsp3) is 0.600. The summed E-state index contributed by atoms with van der Waals surface area (Å²) in [6.07, 6.45) is 4.23.